The maximum atomic E-state index is 12.1. The van der Waals surface area contributed by atoms with Gasteiger partial charge >= 0.3 is 23.9 Å². The lowest BCUT2D eigenvalue weighted by Gasteiger charge is -2.44. The van der Waals surface area contributed by atoms with Crippen LogP contribution in [0.25, 0.3) is 0 Å². The third-order valence-corrected chi connectivity index (χ3v) is 6.24. The first-order valence-electron chi connectivity index (χ1n) is 12.1. The predicted octanol–water partition coefficient (Wildman–Crippen LogP) is 3.60. The van der Waals surface area contributed by atoms with Gasteiger partial charge in [0, 0.05) is 32.7 Å². The van der Waals surface area contributed by atoms with Gasteiger partial charge in [0.05, 0.1) is 11.6 Å². The molecule has 1 fully saturated rings. The average molecular weight is 558 g/mol. The minimum atomic E-state index is -1.27. The summed E-state index contributed by atoms with van der Waals surface area (Å²) in [5.41, 5.74) is 2.66. The van der Waals surface area contributed by atoms with E-state index in [-0.39, 0.29) is 6.61 Å². The van der Waals surface area contributed by atoms with E-state index in [1.165, 1.54) is 20.8 Å². The molecule has 0 aliphatic carbocycles. The summed E-state index contributed by atoms with van der Waals surface area (Å²) in [5, 5.41) is 9.52. The molecule has 2 aromatic carbocycles. The van der Waals surface area contributed by atoms with E-state index in [2.05, 4.69) is 6.07 Å². The molecule has 1 aliphatic rings. The molecule has 0 radical (unpaired) electrons. The zero-order chi connectivity index (χ0) is 28.7. The second-order valence-electron chi connectivity index (χ2n) is 8.96. The molecule has 39 heavy (non-hydrogen) atoms. The molecular formula is C28H28ClNO9. The van der Waals surface area contributed by atoms with Crippen molar-refractivity contribution < 1.29 is 42.9 Å². The van der Waals surface area contributed by atoms with Gasteiger partial charge in [-0.2, -0.15) is 5.26 Å². The van der Waals surface area contributed by atoms with Crippen molar-refractivity contribution >= 4 is 35.5 Å². The van der Waals surface area contributed by atoms with Gasteiger partial charge in [-0.25, -0.2) is 0 Å². The van der Waals surface area contributed by atoms with E-state index in [0.717, 1.165) is 12.5 Å². The van der Waals surface area contributed by atoms with Crippen LogP contribution in [0.15, 0.2) is 42.5 Å². The van der Waals surface area contributed by atoms with Gasteiger partial charge in [-0.15, -0.1) is 0 Å². The fourth-order valence-corrected chi connectivity index (χ4v) is 4.51. The van der Waals surface area contributed by atoms with Gasteiger partial charge < -0.3 is 23.7 Å². The van der Waals surface area contributed by atoms with E-state index < -0.39 is 54.4 Å². The summed E-state index contributed by atoms with van der Waals surface area (Å²) >= 11 is 6.49. The van der Waals surface area contributed by atoms with Gasteiger partial charge in [-0.1, -0.05) is 35.9 Å². The van der Waals surface area contributed by atoms with Crippen LogP contribution in [-0.2, 0) is 49.3 Å². The topological polar surface area (TPSA) is 138 Å². The summed E-state index contributed by atoms with van der Waals surface area (Å²) < 4.78 is 27.9. The lowest BCUT2D eigenvalue weighted by atomic mass is 9.89. The molecule has 0 spiro atoms. The minimum absolute atomic E-state index is 0.319. The van der Waals surface area contributed by atoms with Crippen LogP contribution >= 0.6 is 11.6 Å². The van der Waals surface area contributed by atoms with Crippen LogP contribution in [0.5, 0.6) is 0 Å². The summed E-state index contributed by atoms with van der Waals surface area (Å²) in [6.07, 6.45) is -5.37. The van der Waals surface area contributed by atoms with Crippen molar-refractivity contribution in [2.75, 3.05) is 6.61 Å². The number of ether oxygens (including phenoxy) is 5. The first kappa shape index (κ1) is 29.6. The number of nitrogens with zero attached hydrogens (tertiary/aromatic N) is 1. The predicted molar refractivity (Wildman–Crippen MR) is 136 cm³/mol. The first-order chi connectivity index (χ1) is 18.5. The van der Waals surface area contributed by atoms with E-state index in [1.807, 2.05) is 12.1 Å². The van der Waals surface area contributed by atoms with Gasteiger partial charge in [-0.3, -0.25) is 19.2 Å². The van der Waals surface area contributed by atoms with Crippen LogP contribution in [-0.4, -0.2) is 54.9 Å². The van der Waals surface area contributed by atoms with Crippen LogP contribution in [0, 0.1) is 11.3 Å². The molecule has 11 heteroatoms. The summed E-state index contributed by atoms with van der Waals surface area (Å²) in [6, 6.07) is 14.2. The Kier molecular flexibility index (Phi) is 10.0. The minimum Gasteiger partial charge on any atom is -0.463 e. The van der Waals surface area contributed by atoms with Crippen molar-refractivity contribution in [2.24, 2.45) is 0 Å². The Hall–Kier alpha value is -3.94. The second-order valence-corrected chi connectivity index (χ2v) is 9.36. The number of hydrogen-bond donors (Lipinski definition) is 0. The molecule has 206 valence electrons. The molecule has 2 aromatic rings. The van der Waals surface area contributed by atoms with Gasteiger partial charge in [0.15, 0.2) is 18.3 Å². The lowest BCUT2D eigenvalue weighted by Crippen LogP contribution is -2.59. The van der Waals surface area contributed by atoms with Gasteiger partial charge in [0.25, 0.3) is 0 Å². The summed E-state index contributed by atoms with van der Waals surface area (Å²) in [7, 11) is 0. The smallest absolute Gasteiger partial charge is 0.303 e. The standard InChI is InChI=1S/C28H28ClNO9/c1-15(31)35-14-24-26(36-16(2)32)28(38-18(4)34)27(37-17(3)33)25(39-24)21-9-10-23(29)22(12-21)11-19-5-7-20(13-30)8-6-19/h5-10,12,24-28H,11,14H2,1-4H3/t24-,25?,26-,27+,28+/m1/s1. The van der Waals surface area contributed by atoms with Crippen LogP contribution in [0.1, 0.15) is 56.1 Å². The average Bonchev–Trinajstić information content (AvgIpc) is 2.86. The maximum Gasteiger partial charge on any atom is 0.303 e. The molecule has 0 N–H and O–H groups in total. The molecular weight excluding hydrogens is 530 g/mol. The van der Waals surface area contributed by atoms with Crippen molar-refractivity contribution in [1.29, 1.82) is 5.26 Å². The quantitative estimate of drug-likeness (QED) is 0.349. The van der Waals surface area contributed by atoms with Crippen LogP contribution < -0.4 is 0 Å². The Labute approximate surface area is 230 Å². The molecule has 1 saturated heterocycles. The number of rotatable bonds is 8. The monoisotopic (exact) mass is 557 g/mol. The summed E-state index contributed by atoms with van der Waals surface area (Å²) in [6.45, 7) is 4.40. The van der Waals surface area contributed by atoms with Crippen molar-refractivity contribution in [3.05, 3.63) is 69.7 Å². The fourth-order valence-electron chi connectivity index (χ4n) is 4.32. The Morgan fingerprint density at radius 1 is 0.846 bits per heavy atom. The molecule has 5 atom stereocenters. The first-order valence-corrected chi connectivity index (χ1v) is 12.4. The Balaban J connectivity index is 2.06. The number of carbonyl (C=O) groups excluding carboxylic acids is 4. The highest BCUT2D eigenvalue weighted by molar-refractivity contribution is 6.31. The highest BCUT2D eigenvalue weighted by Crippen LogP contribution is 2.39. The number of carbonyl (C=O) groups is 4. The largest absolute Gasteiger partial charge is 0.463 e. The molecule has 1 aliphatic heterocycles. The van der Waals surface area contributed by atoms with Crippen LogP contribution in [0.4, 0.5) is 0 Å². The third kappa shape index (κ3) is 8.02. The molecule has 0 bridgehead atoms. The van der Waals surface area contributed by atoms with Crippen molar-refractivity contribution in [3.8, 4) is 6.07 Å². The summed E-state index contributed by atoms with van der Waals surface area (Å²) in [4.78, 5) is 47.7. The highest BCUT2D eigenvalue weighted by atomic mass is 35.5. The number of benzene rings is 2. The van der Waals surface area contributed by atoms with E-state index in [0.29, 0.717) is 28.1 Å². The normalized spacial score (nSPS) is 22.2. The Bertz CT molecular complexity index is 1270. The van der Waals surface area contributed by atoms with Gasteiger partial charge in [-0.05, 0) is 41.3 Å². The molecule has 10 nitrogen and oxygen atoms in total. The number of nitriles is 1. The second kappa shape index (κ2) is 13.2. The highest BCUT2D eigenvalue weighted by Gasteiger charge is 2.52. The zero-order valence-electron chi connectivity index (χ0n) is 21.8. The van der Waals surface area contributed by atoms with E-state index >= 15 is 0 Å². The number of halogens is 1. The molecule has 0 amide bonds. The van der Waals surface area contributed by atoms with Crippen LogP contribution in [0.2, 0.25) is 5.02 Å². The molecule has 1 heterocycles. The lowest BCUT2D eigenvalue weighted by molar-refractivity contribution is -0.254. The van der Waals surface area contributed by atoms with E-state index in [1.54, 1.807) is 30.3 Å². The van der Waals surface area contributed by atoms with Crippen LogP contribution in [0.3, 0.4) is 0 Å². The Morgan fingerprint density at radius 2 is 1.44 bits per heavy atom. The van der Waals surface area contributed by atoms with Crippen molar-refractivity contribution in [3.63, 3.8) is 0 Å². The SMILES string of the molecule is CC(=O)OC[C@H]1OC(c2ccc(Cl)c(Cc3ccc(C#N)cc3)c2)[C@H](OC(C)=O)[C@@H](OC(C)=O)[C@@H]1OC(C)=O. The maximum absolute atomic E-state index is 12.1. The van der Waals surface area contributed by atoms with Gasteiger partial charge in [0.1, 0.15) is 18.8 Å². The molecule has 1 unspecified atom stereocenters. The van der Waals surface area contributed by atoms with Crippen molar-refractivity contribution in [2.45, 2.75) is 64.6 Å². The number of hydrogen-bond acceptors (Lipinski definition) is 10. The fraction of sp³-hybridized carbons (Fsp3) is 0.393. The zero-order valence-corrected chi connectivity index (χ0v) is 22.6. The van der Waals surface area contributed by atoms with Crippen molar-refractivity contribution in [1.82, 2.24) is 0 Å². The van der Waals surface area contributed by atoms with E-state index in [4.69, 9.17) is 40.5 Å². The molecule has 3 rings (SSSR count). The van der Waals surface area contributed by atoms with E-state index in [9.17, 15) is 19.2 Å². The Morgan fingerprint density at radius 3 is 2.00 bits per heavy atom. The molecule has 0 aromatic heterocycles. The van der Waals surface area contributed by atoms with Gasteiger partial charge in [0.2, 0.25) is 0 Å². The number of esters is 4. The third-order valence-electron chi connectivity index (χ3n) is 5.87. The molecule has 0 saturated carbocycles. The summed E-state index contributed by atoms with van der Waals surface area (Å²) in [5.74, 6) is -2.69.